The summed E-state index contributed by atoms with van der Waals surface area (Å²) in [5.74, 6) is -1.50. The molecule has 2 rings (SSSR count). The summed E-state index contributed by atoms with van der Waals surface area (Å²) in [5.41, 5.74) is 0.163. The summed E-state index contributed by atoms with van der Waals surface area (Å²) in [5, 5.41) is 7.07. The van der Waals surface area contributed by atoms with Crippen LogP contribution < -0.4 is 10.6 Å². The smallest absolute Gasteiger partial charge is 0.270 e. The third-order valence-corrected chi connectivity index (χ3v) is 3.90. The fraction of sp³-hybridized carbons (Fsp3) is 0.312. The molecule has 0 spiro atoms. The first-order valence-electron chi connectivity index (χ1n) is 7.41. The average molecular weight is 350 g/mol. The fourth-order valence-electron chi connectivity index (χ4n) is 1.93. The van der Waals surface area contributed by atoms with E-state index in [1.165, 1.54) is 18.2 Å². The van der Waals surface area contributed by atoms with Crippen molar-refractivity contribution in [2.45, 2.75) is 6.42 Å². The van der Waals surface area contributed by atoms with Crippen molar-refractivity contribution < 1.29 is 14.0 Å². The van der Waals surface area contributed by atoms with E-state index in [0.717, 1.165) is 24.3 Å². The van der Waals surface area contributed by atoms with Crippen LogP contribution in [0.2, 0.25) is 0 Å². The maximum atomic E-state index is 13.6. The summed E-state index contributed by atoms with van der Waals surface area (Å²) >= 11 is 1.12. The topological polar surface area (TPSA) is 74.3 Å². The van der Waals surface area contributed by atoms with E-state index in [4.69, 9.17) is 0 Å². The van der Waals surface area contributed by atoms with Gasteiger partial charge in [-0.1, -0.05) is 12.1 Å². The van der Waals surface area contributed by atoms with Crippen molar-refractivity contribution in [1.29, 1.82) is 0 Å². The van der Waals surface area contributed by atoms with E-state index in [2.05, 4.69) is 15.6 Å². The van der Waals surface area contributed by atoms with Gasteiger partial charge in [-0.25, -0.2) is 9.37 Å². The van der Waals surface area contributed by atoms with Crippen molar-refractivity contribution in [3.8, 4) is 0 Å². The van der Waals surface area contributed by atoms with Crippen LogP contribution in [0.15, 0.2) is 29.6 Å². The molecule has 2 aromatic rings. The second kappa shape index (κ2) is 8.51. The third-order valence-electron chi connectivity index (χ3n) is 3.14. The Bertz CT molecular complexity index is 718. The van der Waals surface area contributed by atoms with Crippen LogP contribution in [0.4, 0.5) is 9.52 Å². The van der Waals surface area contributed by atoms with Crippen LogP contribution in [0, 0.1) is 5.82 Å². The van der Waals surface area contributed by atoms with Gasteiger partial charge in [0.15, 0.2) is 5.13 Å². The number of nitrogens with one attached hydrogen (secondary N) is 2. The summed E-state index contributed by atoms with van der Waals surface area (Å²) < 4.78 is 13.6. The van der Waals surface area contributed by atoms with Crippen LogP contribution in [0.1, 0.15) is 27.3 Å². The molecule has 0 bridgehead atoms. The molecule has 0 saturated heterocycles. The predicted octanol–water partition coefficient (Wildman–Crippen LogP) is 2.22. The first-order valence-corrected chi connectivity index (χ1v) is 8.29. The molecular formula is C16H19FN4O2S. The van der Waals surface area contributed by atoms with E-state index in [-0.39, 0.29) is 22.3 Å². The number of anilines is 1. The molecular weight excluding hydrogens is 331 g/mol. The number of carbonyl (C=O) groups is 2. The minimum Gasteiger partial charge on any atom is -0.351 e. The fourth-order valence-corrected chi connectivity index (χ4v) is 2.62. The summed E-state index contributed by atoms with van der Waals surface area (Å²) in [6.07, 6.45) is 0.833. The second-order valence-corrected chi connectivity index (χ2v) is 6.24. The van der Waals surface area contributed by atoms with Gasteiger partial charge in [-0.05, 0) is 39.2 Å². The van der Waals surface area contributed by atoms with Gasteiger partial charge in [0.2, 0.25) is 0 Å². The molecule has 0 saturated carbocycles. The number of aromatic nitrogens is 1. The van der Waals surface area contributed by atoms with E-state index >= 15 is 0 Å². The minimum atomic E-state index is -0.606. The van der Waals surface area contributed by atoms with E-state index < -0.39 is 11.7 Å². The second-order valence-electron chi connectivity index (χ2n) is 5.38. The molecule has 2 amide bonds. The highest BCUT2D eigenvalue weighted by Gasteiger charge is 2.15. The molecule has 0 aliphatic rings. The predicted molar refractivity (Wildman–Crippen MR) is 92.0 cm³/mol. The Morgan fingerprint density at radius 1 is 1.25 bits per heavy atom. The maximum Gasteiger partial charge on any atom is 0.270 e. The third kappa shape index (κ3) is 5.10. The molecule has 0 radical (unpaired) electrons. The highest BCUT2D eigenvalue weighted by atomic mass is 32.1. The number of hydrogen-bond donors (Lipinski definition) is 2. The number of carbonyl (C=O) groups excluding carboxylic acids is 2. The van der Waals surface area contributed by atoms with Gasteiger partial charge in [0.1, 0.15) is 11.5 Å². The standard InChI is InChI=1S/C16H19FN4O2S/c1-21(2)9-5-8-18-15(23)13-10-24-16(19-13)20-14(22)11-6-3-4-7-12(11)17/h3-4,6-7,10H,5,8-9H2,1-2H3,(H,18,23)(H,19,20,22). The summed E-state index contributed by atoms with van der Waals surface area (Å²) in [4.78, 5) is 30.1. The minimum absolute atomic E-state index is 0.0672. The maximum absolute atomic E-state index is 13.6. The number of thiazole rings is 1. The summed E-state index contributed by atoms with van der Waals surface area (Å²) in [6, 6.07) is 5.68. The molecule has 0 atom stereocenters. The number of hydrogen-bond acceptors (Lipinski definition) is 5. The largest absolute Gasteiger partial charge is 0.351 e. The molecule has 24 heavy (non-hydrogen) atoms. The molecule has 8 heteroatoms. The Balaban J connectivity index is 1.90. The van der Waals surface area contributed by atoms with Crippen LogP contribution in [0.25, 0.3) is 0 Å². The molecule has 0 unspecified atom stereocenters. The van der Waals surface area contributed by atoms with Crippen molar-refractivity contribution in [3.63, 3.8) is 0 Å². The molecule has 1 aromatic heterocycles. The summed E-state index contributed by atoms with van der Waals surface area (Å²) in [7, 11) is 3.93. The monoisotopic (exact) mass is 350 g/mol. The Kier molecular flexibility index (Phi) is 6.39. The van der Waals surface area contributed by atoms with Crippen LogP contribution in [-0.2, 0) is 0 Å². The lowest BCUT2D eigenvalue weighted by molar-refractivity contribution is 0.0946. The van der Waals surface area contributed by atoms with Crippen molar-refractivity contribution >= 4 is 28.3 Å². The molecule has 0 aliphatic heterocycles. The van der Waals surface area contributed by atoms with E-state index in [1.54, 1.807) is 11.4 Å². The highest BCUT2D eigenvalue weighted by molar-refractivity contribution is 7.14. The quantitative estimate of drug-likeness (QED) is 0.751. The van der Waals surface area contributed by atoms with Gasteiger partial charge >= 0.3 is 0 Å². The highest BCUT2D eigenvalue weighted by Crippen LogP contribution is 2.17. The Hall–Kier alpha value is -2.32. The molecule has 2 N–H and O–H groups in total. The Morgan fingerprint density at radius 3 is 2.71 bits per heavy atom. The van der Waals surface area contributed by atoms with Crippen molar-refractivity contribution in [3.05, 3.63) is 46.7 Å². The van der Waals surface area contributed by atoms with Crippen LogP contribution >= 0.6 is 11.3 Å². The summed E-state index contributed by atoms with van der Waals surface area (Å²) in [6.45, 7) is 1.42. The molecule has 128 valence electrons. The van der Waals surface area contributed by atoms with Crippen LogP contribution in [-0.4, -0.2) is 48.9 Å². The van der Waals surface area contributed by atoms with Gasteiger partial charge in [-0.15, -0.1) is 11.3 Å². The zero-order valence-electron chi connectivity index (χ0n) is 13.5. The molecule has 0 aliphatic carbocycles. The van der Waals surface area contributed by atoms with E-state index in [0.29, 0.717) is 6.54 Å². The van der Waals surface area contributed by atoms with E-state index in [1.807, 2.05) is 19.0 Å². The van der Waals surface area contributed by atoms with Gasteiger partial charge in [-0.2, -0.15) is 0 Å². The molecule has 1 heterocycles. The van der Waals surface area contributed by atoms with Crippen LogP contribution in [0.5, 0.6) is 0 Å². The Labute approximate surface area is 143 Å². The Morgan fingerprint density at radius 2 is 2.00 bits per heavy atom. The first kappa shape index (κ1) is 18.0. The number of rotatable bonds is 7. The molecule has 1 aromatic carbocycles. The lowest BCUT2D eigenvalue weighted by Crippen LogP contribution is -2.27. The lowest BCUT2D eigenvalue weighted by atomic mass is 10.2. The number of amides is 2. The molecule has 6 nitrogen and oxygen atoms in total. The normalized spacial score (nSPS) is 10.7. The van der Waals surface area contributed by atoms with Gasteiger partial charge in [0.25, 0.3) is 11.8 Å². The first-order chi connectivity index (χ1) is 11.5. The van der Waals surface area contributed by atoms with Gasteiger partial charge in [0.05, 0.1) is 5.56 Å². The molecule has 0 fully saturated rings. The van der Waals surface area contributed by atoms with Crippen molar-refractivity contribution in [2.24, 2.45) is 0 Å². The van der Waals surface area contributed by atoms with Gasteiger partial charge in [-0.3, -0.25) is 14.9 Å². The number of benzene rings is 1. The van der Waals surface area contributed by atoms with Crippen molar-refractivity contribution in [2.75, 3.05) is 32.5 Å². The van der Waals surface area contributed by atoms with E-state index in [9.17, 15) is 14.0 Å². The number of nitrogens with zero attached hydrogens (tertiary/aromatic N) is 2. The zero-order chi connectivity index (χ0) is 17.5. The lowest BCUT2D eigenvalue weighted by Gasteiger charge is -2.09. The van der Waals surface area contributed by atoms with Gasteiger partial charge in [0, 0.05) is 11.9 Å². The number of halogens is 1. The zero-order valence-corrected chi connectivity index (χ0v) is 14.3. The van der Waals surface area contributed by atoms with Gasteiger partial charge < -0.3 is 10.2 Å². The van der Waals surface area contributed by atoms with Crippen molar-refractivity contribution in [1.82, 2.24) is 15.2 Å². The average Bonchev–Trinajstić information content (AvgIpc) is 3.00. The SMILES string of the molecule is CN(C)CCCNC(=O)c1csc(NC(=O)c2ccccc2F)n1. The van der Waals surface area contributed by atoms with Crippen LogP contribution in [0.3, 0.4) is 0 Å².